The van der Waals surface area contributed by atoms with Crippen molar-refractivity contribution in [3.63, 3.8) is 0 Å². The second-order valence-electron chi connectivity index (χ2n) is 6.29. The second kappa shape index (κ2) is 6.42. The number of amides is 2. The molecular formula is C19H22N2O2. The summed E-state index contributed by atoms with van der Waals surface area (Å²) in [6.45, 7) is 2.19. The molecule has 0 radical (unpaired) electrons. The molecule has 0 saturated heterocycles. The average molecular weight is 310 g/mol. The molecule has 2 aromatic carbocycles. The highest BCUT2D eigenvalue weighted by molar-refractivity contribution is 5.90. The Labute approximate surface area is 136 Å². The molecule has 120 valence electrons. The first-order valence-electron chi connectivity index (χ1n) is 7.95. The lowest BCUT2D eigenvalue weighted by atomic mass is 9.80. The quantitative estimate of drug-likeness (QED) is 0.816. The standard InChI is InChI=1S/C19H22N2O2/c1-14-6-2-5-9-17(14)21-18(22)20-13-19(23)11-10-15-7-3-4-8-16(15)12-19/h2-9,23H,10-13H2,1H3,(H2,20,21,22)/t19-/m0/s1. The van der Waals surface area contributed by atoms with E-state index in [1.54, 1.807) is 0 Å². The Balaban J connectivity index is 1.58. The Bertz CT molecular complexity index is 714. The van der Waals surface area contributed by atoms with Crippen LogP contribution in [0.1, 0.15) is 23.1 Å². The Kier molecular flexibility index (Phi) is 4.35. The smallest absolute Gasteiger partial charge is 0.319 e. The molecule has 1 aliphatic rings. The summed E-state index contributed by atoms with van der Waals surface area (Å²) in [5.41, 5.74) is 3.38. The van der Waals surface area contributed by atoms with E-state index in [4.69, 9.17) is 0 Å². The van der Waals surface area contributed by atoms with Crippen molar-refractivity contribution in [2.24, 2.45) is 0 Å². The summed E-state index contributed by atoms with van der Waals surface area (Å²) in [4.78, 5) is 12.1. The highest BCUT2D eigenvalue weighted by Crippen LogP contribution is 2.28. The van der Waals surface area contributed by atoms with E-state index in [0.29, 0.717) is 12.8 Å². The molecule has 3 rings (SSSR count). The van der Waals surface area contributed by atoms with Crippen LogP contribution in [0.2, 0.25) is 0 Å². The second-order valence-corrected chi connectivity index (χ2v) is 6.29. The van der Waals surface area contributed by atoms with Gasteiger partial charge in [-0.05, 0) is 42.5 Å². The van der Waals surface area contributed by atoms with E-state index in [-0.39, 0.29) is 12.6 Å². The third-order valence-corrected chi connectivity index (χ3v) is 4.47. The molecule has 2 aromatic rings. The average Bonchev–Trinajstić information content (AvgIpc) is 2.55. The van der Waals surface area contributed by atoms with Crippen LogP contribution in [-0.4, -0.2) is 23.3 Å². The number of aryl methyl sites for hydroxylation is 2. The van der Waals surface area contributed by atoms with Gasteiger partial charge in [-0.1, -0.05) is 42.5 Å². The molecule has 3 N–H and O–H groups in total. The lowest BCUT2D eigenvalue weighted by Gasteiger charge is -2.33. The molecule has 1 aliphatic carbocycles. The summed E-state index contributed by atoms with van der Waals surface area (Å²) < 4.78 is 0. The molecule has 0 saturated carbocycles. The summed E-state index contributed by atoms with van der Waals surface area (Å²) in [5, 5.41) is 16.4. The van der Waals surface area contributed by atoms with Gasteiger partial charge in [-0.25, -0.2) is 4.79 Å². The maximum Gasteiger partial charge on any atom is 0.319 e. The number of hydrogen-bond acceptors (Lipinski definition) is 2. The van der Waals surface area contributed by atoms with Crippen LogP contribution in [0.4, 0.5) is 10.5 Å². The van der Waals surface area contributed by atoms with E-state index in [2.05, 4.69) is 16.7 Å². The first kappa shape index (κ1) is 15.6. The zero-order valence-electron chi connectivity index (χ0n) is 13.3. The van der Waals surface area contributed by atoms with Crippen LogP contribution in [0, 0.1) is 6.92 Å². The van der Waals surface area contributed by atoms with E-state index in [1.807, 2.05) is 49.4 Å². The summed E-state index contributed by atoms with van der Waals surface area (Å²) in [6, 6.07) is 15.5. The normalized spacial score (nSPS) is 19.7. The van der Waals surface area contributed by atoms with Crippen LogP contribution in [0.15, 0.2) is 48.5 Å². The van der Waals surface area contributed by atoms with Gasteiger partial charge in [0.05, 0.1) is 5.60 Å². The maximum atomic E-state index is 12.1. The van der Waals surface area contributed by atoms with Gasteiger partial charge >= 0.3 is 6.03 Å². The third kappa shape index (κ3) is 3.71. The Morgan fingerprint density at radius 1 is 1.13 bits per heavy atom. The zero-order chi connectivity index (χ0) is 16.3. The first-order valence-corrected chi connectivity index (χ1v) is 7.95. The Morgan fingerprint density at radius 2 is 1.83 bits per heavy atom. The predicted molar refractivity (Wildman–Crippen MR) is 91.6 cm³/mol. The summed E-state index contributed by atoms with van der Waals surface area (Å²) in [6.07, 6.45) is 2.08. The van der Waals surface area contributed by atoms with Gasteiger partial charge in [0.15, 0.2) is 0 Å². The van der Waals surface area contributed by atoms with Crippen molar-refractivity contribution >= 4 is 11.7 Å². The number of benzene rings is 2. The van der Waals surface area contributed by atoms with Gasteiger partial charge in [-0.15, -0.1) is 0 Å². The molecule has 4 nitrogen and oxygen atoms in total. The highest BCUT2D eigenvalue weighted by atomic mass is 16.3. The predicted octanol–water partition coefficient (Wildman–Crippen LogP) is 3.04. The fourth-order valence-corrected chi connectivity index (χ4v) is 3.06. The number of anilines is 1. The molecule has 0 spiro atoms. The monoisotopic (exact) mass is 310 g/mol. The Morgan fingerprint density at radius 3 is 2.61 bits per heavy atom. The zero-order valence-corrected chi connectivity index (χ0v) is 13.3. The number of para-hydroxylation sites is 1. The van der Waals surface area contributed by atoms with Gasteiger partial charge in [-0.2, -0.15) is 0 Å². The molecule has 0 aromatic heterocycles. The van der Waals surface area contributed by atoms with Crippen molar-refractivity contribution in [3.05, 3.63) is 65.2 Å². The van der Waals surface area contributed by atoms with Gasteiger partial charge in [0.1, 0.15) is 0 Å². The van der Waals surface area contributed by atoms with Crippen molar-refractivity contribution in [1.29, 1.82) is 0 Å². The van der Waals surface area contributed by atoms with E-state index in [1.165, 1.54) is 11.1 Å². The van der Waals surface area contributed by atoms with Crippen LogP contribution in [0.3, 0.4) is 0 Å². The van der Waals surface area contributed by atoms with Crippen molar-refractivity contribution in [1.82, 2.24) is 5.32 Å². The summed E-state index contributed by atoms with van der Waals surface area (Å²) in [5.74, 6) is 0. The summed E-state index contributed by atoms with van der Waals surface area (Å²) in [7, 11) is 0. The van der Waals surface area contributed by atoms with Gasteiger partial charge in [0, 0.05) is 18.7 Å². The van der Waals surface area contributed by atoms with Crippen molar-refractivity contribution in [3.8, 4) is 0 Å². The summed E-state index contributed by atoms with van der Waals surface area (Å²) >= 11 is 0. The number of carbonyl (C=O) groups excluding carboxylic acids is 1. The largest absolute Gasteiger partial charge is 0.388 e. The van der Waals surface area contributed by atoms with Gasteiger partial charge < -0.3 is 15.7 Å². The molecule has 4 heteroatoms. The SMILES string of the molecule is Cc1ccccc1NC(=O)NC[C@]1(O)CCc2ccccc2C1. The maximum absolute atomic E-state index is 12.1. The fraction of sp³-hybridized carbons (Fsp3) is 0.316. The number of rotatable bonds is 3. The molecule has 0 bridgehead atoms. The third-order valence-electron chi connectivity index (χ3n) is 4.47. The molecule has 1 atom stereocenters. The first-order chi connectivity index (χ1) is 11.1. The minimum Gasteiger partial charge on any atom is -0.388 e. The van der Waals surface area contributed by atoms with Gasteiger partial charge in [0.2, 0.25) is 0 Å². The highest BCUT2D eigenvalue weighted by Gasteiger charge is 2.32. The number of aliphatic hydroxyl groups is 1. The molecule has 0 unspecified atom stereocenters. The van der Waals surface area contributed by atoms with E-state index >= 15 is 0 Å². The molecular weight excluding hydrogens is 288 g/mol. The number of nitrogens with one attached hydrogen (secondary N) is 2. The fourth-order valence-electron chi connectivity index (χ4n) is 3.06. The number of fused-ring (bicyclic) bond motifs is 1. The van der Waals surface area contributed by atoms with Crippen LogP contribution in [0.5, 0.6) is 0 Å². The van der Waals surface area contributed by atoms with E-state index < -0.39 is 5.60 Å². The molecule has 0 fully saturated rings. The van der Waals surface area contributed by atoms with Gasteiger partial charge in [0.25, 0.3) is 0 Å². The minimum absolute atomic E-state index is 0.249. The number of urea groups is 1. The lowest BCUT2D eigenvalue weighted by Crippen LogP contribution is -2.47. The van der Waals surface area contributed by atoms with Crippen molar-refractivity contribution < 1.29 is 9.90 Å². The van der Waals surface area contributed by atoms with Crippen molar-refractivity contribution in [2.45, 2.75) is 31.8 Å². The minimum atomic E-state index is -0.878. The van der Waals surface area contributed by atoms with Crippen LogP contribution in [-0.2, 0) is 12.8 Å². The van der Waals surface area contributed by atoms with Crippen LogP contribution >= 0.6 is 0 Å². The number of hydrogen-bond donors (Lipinski definition) is 3. The Hall–Kier alpha value is -2.33. The topological polar surface area (TPSA) is 61.4 Å². The molecule has 0 aliphatic heterocycles. The number of carbonyl (C=O) groups is 1. The van der Waals surface area contributed by atoms with Crippen molar-refractivity contribution in [2.75, 3.05) is 11.9 Å². The van der Waals surface area contributed by atoms with Gasteiger partial charge in [-0.3, -0.25) is 0 Å². The molecule has 23 heavy (non-hydrogen) atoms. The van der Waals surface area contributed by atoms with E-state index in [9.17, 15) is 9.90 Å². The molecule has 2 amide bonds. The molecule has 0 heterocycles. The van der Waals surface area contributed by atoms with Crippen LogP contribution in [0.25, 0.3) is 0 Å². The van der Waals surface area contributed by atoms with Crippen LogP contribution < -0.4 is 10.6 Å². The lowest BCUT2D eigenvalue weighted by molar-refractivity contribution is 0.0295. The van der Waals surface area contributed by atoms with E-state index in [0.717, 1.165) is 17.7 Å².